The number of carbonyl (C=O) groups excluding carboxylic acids is 1. The molecule has 2 aromatic rings. The molecule has 8 heteroatoms. The molecule has 1 unspecified atom stereocenters. The summed E-state index contributed by atoms with van der Waals surface area (Å²) in [6, 6.07) is 9.74. The van der Waals surface area contributed by atoms with Gasteiger partial charge >= 0.3 is 6.18 Å². The van der Waals surface area contributed by atoms with Crippen molar-refractivity contribution >= 4 is 16.3 Å². The summed E-state index contributed by atoms with van der Waals surface area (Å²) >= 11 is 0. The predicted molar refractivity (Wildman–Crippen MR) is 86.4 cm³/mol. The molecule has 0 saturated carbocycles. The summed E-state index contributed by atoms with van der Waals surface area (Å²) in [6.45, 7) is 3.08. The van der Waals surface area contributed by atoms with Crippen LogP contribution in [0.5, 0.6) is 0 Å². The first-order chi connectivity index (χ1) is 11.5. The van der Waals surface area contributed by atoms with Gasteiger partial charge in [0.1, 0.15) is 11.8 Å². The van der Waals surface area contributed by atoms with Crippen LogP contribution < -0.4 is 4.72 Å². The summed E-state index contributed by atoms with van der Waals surface area (Å²) in [5, 5.41) is 0. The maximum atomic E-state index is 12.6. The number of rotatable bonds is 5. The van der Waals surface area contributed by atoms with E-state index in [1.807, 2.05) is 0 Å². The molecule has 0 fully saturated rings. The van der Waals surface area contributed by atoms with Gasteiger partial charge in [-0.3, -0.25) is 0 Å². The lowest BCUT2D eigenvalue weighted by Crippen LogP contribution is -2.44. The Bertz CT molecular complexity index is 860. The number of hydrogen-bond acceptors (Lipinski definition) is 3. The predicted octanol–water partition coefficient (Wildman–Crippen LogP) is 3.41. The van der Waals surface area contributed by atoms with Crippen molar-refractivity contribution in [1.29, 1.82) is 0 Å². The van der Waals surface area contributed by atoms with Crippen molar-refractivity contribution in [3.63, 3.8) is 0 Å². The minimum absolute atomic E-state index is 0.0434. The fourth-order valence-electron chi connectivity index (χ4n) is 2.21. The van der Waals surface area contributed by atoms with Gasteiger partial charge in [-0.15, -0.1) is 0 Å². The lowest BCUT2D eigenvalue weighted by molar-refractivity contribution is -0.137. The molecule has 134 valence electrons. The Hall–Kier alpha value is -2.19. The number of hydrogen-bond donors (Lipinski definition) is 1. The van der Waals surface area contributed by atoms with Crippen LogP contribution in [-0.2, 0) is 26.5 Å². The molecule has 0 aromatic heterocycles. The minimum Gasteiger partial charge on any atom is -0.301 e. The van der Waals surface area contributed by atoms with Gasteiger partial charge in [0.15, 0.2) is 0 Å². The van der Waals surface area contributed by atoms with Crippen molar-refractivity contribution in [3.05, 3.63) is 65.2 Å². The molecule has 0 amide bonds. The van der Waals surface area contributed by atoms with Crippen molar-refractivity contribution in [2.45, 2.75) is 30.5 Å². The molecule has 0 aliphatic rings. The number of nitrogens with one attached hydrogen (secondary N) is 1. The zero-order chi connectivity index (χ0) is 18.9. The Morgan fingerprint density at radius 1 is 0.920 bits per heavy atom. The van der Waals surface area contributed by atoms with E-state index in [9.17, 15) is 26.4 Å². The van der Waals surface area contributed by atoms with Gasteiger partial charge in [0.05, 0.1) is 10.5 Å². The average Bonchev–Trinajstić information content (AvgIpc) is 2.54. The highest BCUT2D eigenvalue weighted by Gasteiger charge is 2.34. The number of aldehydes is 1. The van der Waals surface area contributed by atoms with Gasteiger partial charge in [0.2, 0.25) is 10.0 Å². The summed E-state index contributed by atoms with van der Waals surface area (Å²) in [4.78, 5) is 11.5. The molecule has 4 nitrogen and oxygen atoms in total. The summed E-state index contributed by atoms with van der Waals surface area (Å²) in [5.74, 6) is 0. The quantitative estimate of drug-likeness (QED) is 0.820. The highest BCUT2D eigenvalue weighted by molar-refractivity contribution is 7.89. The molecule has 0 heterocycles. The number of carbonyl (C=O) groups is 1. The number of alkyl halides is 3. The maximum Gasteiger partial charge on any atom is 0.416 e. The Kier molecular flexibility index (Phi) is 5.06. The monoisotopic (exact) mass is 371 g/mol. The number of sulfonamides is 1. The number of halogens is 3. The van der Waals surface area contributed by atoms with E-state index in [0.717, 1.165) is 29.8 Å². The molecule has 0 spiro atoms. The molecule has 0 aliphatic heterocycles. The molecular formula is C17H16F3NO3S. The van der Waals surface area contributed by atoms with Crippen LogP contribution in [0, 0.1) is 6.92 Å². The Morgan fingerprint density at radius 3 is 1.84 bits per heavy atom. The van der Waals surface area contributed by atoms with E-state index in [1.165, 1.54) is 19.1 Å². The summed E-state index contributed by atoms with van der Waals surface area (Å²) in [6.07, 6.45) is -4.17. The van der Waals surface area contributed by atoms with Crippen molar-refractivity contribution in [2.75, 3.05) is 0 Å². The second-order valence-corrected chi connectivity index (χ2v) is 7.50. The standard InChI is InChI=1S/C17H16F3NO3S/c1-12-3-9-15(10-4-12)25(23,24)21-16(2,11-22)13-5-7-14(8-6-13)17(18,19)20/h3-11,21H,1-2H3. The molecule has 2 aromatic carbocycles. The zero-order valence-corrected chi connectivity index (χ0v) is 14.3. The molecule has 0 aliphatic carbocycles. The van der Waals surface area contributed by atoms with Crippen LogP contribution in [0.3, 0.4) is 0 Å². The zero-order valence-electron chi connectivity index (χ0n) is 13.5. The minimum atomic E-state index is -4.52. The van der Waals surface area contributed by atoms with Gasteiger partial charge in [-0.2, -0.15) is 17.9 Å². The van der Waals surface area contributed by atoms with Crippen LogP contribution in [0.4, 0.5) is 13.2 Å². The van der Waals surface area contributed by atoms with Crippen molar-refractivity contribution in [2.24, 2.45) is 0 Å². The van der Waals surface area contributed by atoms with Crippen LogP contribution in [0.15, 0.2) is 53.4 Å². The molecule has 2 rings (SSSR count). The molecule has 0 radical (unpaired) electrons. The fraction of sp³-hybridized carbons (Fsp3) is 0.235. The average molecular weight is 371 g/mol. The molecule has 0 bridgehead atoms. The van der Waals surface area contributed by atoms with E-state index in [-0.39, 0.29) is 10.5 Å². The van der Waals surface area contributed by atoms with Gasteiger partial charge in [0.25, 0.3) is 0 Å². The van der Waals surface area contributed by atoms with Gasteiger partial charge < -0.3 is 4.79 Å². The van der Waals surface area contributed by atoms with Crippen LogP contribution in [0.1, 0.15) is 23.6 Å². The first-order valence-electron chi connectivity index (χ1n) is 7.23. The van der Waals surface area contributed by atoms with Gasteiger partial charge in [-0.1, -0.05) is 29.8 Å². The Morgan fingerprint density at radius 2 is 1.40 bits per heavy atom. The molecule has 0 saturated heterocycles. The normalized spacial score (nSPS) is 14.8. The number of benzene rings is 2. The third kappa shape index (κ3) is 4.26. The van der Waals surface area contributed by atoms with Crippen molar-refractivity contribution < 1.29 is 26.4 Å². The largest absolute Gasteiger partial charge is 0.416 e. The van der Waals surface area contributed by atoms with Crippen LogP contribution >= 0.6 is 0 Å². The van der Waals surface area contributed by atoms with Crippen molar-refractivity contribution in [3.8, 4) is 0 Å². The summed E-state index contributed by atoms with van der Waals surface area (Å²) in [5.41, 5.74) is -1.62. The van der Waals surface area contributed by atoms with Crippen LogP contribution in [0.25, 0.3) is 0 Å². The van der Waals surface area contributed by atoms with E-state index in [0.29, 0.717) is 6.29 Å². The fourth-order valence-corrected chi connectivity index (χ4v) is 3.55. The highest BCUT2D eigenvalue weighted by atomic mass is 32.2. The van der Waals surface area contributed by atoms with E-state index in [2.05, 4.69) is 4.72 Å². The molecular weight excluding hydrogens is 355 g/mol. The first-order valence-corrected chi connectivity index (χ1v) is 8.71. The Labute approximate surface area is 143 Å². The SMILES string of the molecule is Cc1ccc(S(=O)(=O)NC(C)(C=O)c2ccc(C(F)(F)F)cc2)cc1. The van der Waals surface area contributed by atoms with Crippen LogP contribution in [0.2, 0.25) is 0 Å². The third-order valence-electron chi connectivity index (χ3n) is 3.73. The highest BCUT2D eigenvalue weighted by Crippen LogP contribution is 2.31. The number of aryl methyl sites for hydroxylation is 1. The summed E-state index contributed by atoms with van der Waals surface area (Å²) in [7, 11) is -4.04. The smallest absolute Gasteiger partial charge is 0.301 e. The molecule has 1 N–H and O–H groups in total. The topological polar surface area (TPSA) is 63.2 Å². The Balaban J connectivity index is 2.37. The van der Waals surface area contributed by atoms with Gasteiger partial charge in [-0.25, -0.2) is 8.42 Å². The van der Waals surface area contributed by atoms with E-state index in [1.54, 1.807) is 19.1 Å². The van der Waals surface area contributed by atoms with E-state index >= 15 is 0 Å². The first kappa shape index (κ1) is 19.1. The van der Waals surface area contributed by atoms with Crippen LogP contribution in [-0.4, -0.2) is 14.7 Å². The third-order valence-corrected chi connectivity index (χ3v) is 5.31. The van der Waals surface area contributed by atoms with E-state index in [4.69, 9.17) is 0 Å². The van der Waals surface area contributed by atoms with Gasteiger partial charge in [-0.05, 0) is 43.7 Å². The molecule has 25 heavy (non-hydrogen) atoms. The lowest BCUT2D eigenvalue weighted by atomic mass is 9.94. The van der Waals surface area contributed by atoms with E-state index < -0.39 is 27.3 Å². The maximum absolute atomic E-state index is 12.6. The second-order valence-electron chi connectivity index (χ2n) is 5.81. The van der Waals surface area contributed by atoms with Crippen molar-refractivity contribution in [1.82, 2.24) is 4.72 Å². The van der Waals surface area contributed by atoms with Gasteiger partial charge in [0, 0.05) is 0 Å². The second kappa shape index (κ2) is 6.61. The lowest BCUT2D eigenvalue weighted by Gasteiger charge is -2.25. The molecule has 1 atom stereocenters. The summed E-state index contributed by atoms with van der Waals surface area (Å²) < 4.78 is 65.1.